The van der Waals surface area contributed by atoms with Gasteiger partial charge >= 0.3 is 5.97 Å². The summed E-state index contributed by atoms with van der Waals surface area (Å²) in [5.41, 5.74) is 1.82. The van der Waals surface area contributed by atoms with Crippen molar-refractivity contribution in [3.63, 3.8) is 0 Å². The van der Waals surface area contributed by atoms with Crippen molar-refractivity contribution in [1.29, 1.82) is 0 Å². The fraction of sp³-hybridized carbons (Fsp3) is 0.286. The molecule has 0 aromatic heterocycles. The Morgan fingerprint density at radius 2 is 1.71 bits per heavy atom. The topological polar surface area (TPSA) is 46.5 Å². The molecule has 0 aliphatic heterocycles. The number of ether oxygens (including phenoxy) is 1. The molecule has 0 radical (unpaired) electrons. The number of benzene rings is 2. The number of rotatable bonds is 9. The van der Waals surface area contributed by atoms with E-state index in [2.05, 4.69) is 6.92 Å². The Morgan fingerprint density at radius 3 is 2.33 bits per heavy atom. The molecule has 126 valence electrons. The number of unbranched alkanes of at least 4 members (excludes halogenated alkanes) is 3. The van der Waals surface area contributed by atoms with Crippen LogP contribution in [0.25, 0.3) is 11.6 Å². The van der Waals surface area contributed by atoms with Crippen LogP contribution in [0.15, 0.2) is 54.6 Å². The lowest BCUT2D eigenvalue weighted by Gasteiger charge is -2.07. The first-order chi connectivity index (χ1) is 11.7. The van der Waals surface area contributed by atoms with Crippen molar-refractivity contribution in [2.75, 3.05) is 6.61 Å². The van der Waals surface area contributed by atoms with E-state index in [1.807, 2.05) is 42.5 Å². The average Bonchev–Trinajstić information content (AvgIpc) is 2.61. The second-order valence-electron chi connectivity index (χ2n) is 5.71. The molecule has 0 amide bonds. The molecular weight excluding hydrogens is 300 g/mol. The van der Waals surface area contributed by atoms with Gasteiger partial charge in [-0.1, -0.05) is 68.7 Å². The highest BCUT2D eigenvalue weighted by Crippen LogP contribution is 2.20. The zero-order valence-corrected chi connectivity index (χ0v) is 14.1. The summed E-state index contributed by atoms with van der Waals surface area (Å²) in [5.74, 6) is -0.113. The van der Waals surface area contributed by atoms with Gasteiger partial charge in [0, 0.05) is 0 Å². The quantitative estimate of drug-likeness (QED) is 0.388. The lowest BCUT2D eigenvalue weighted by Crippen LogP contribution is -1.99. The Hall–Kier alpha value is -2.55. The number of hydrogen-bond donors (Lipinski definition) is 1. The van der Waals surface area contributed by atoms with Gasteiger partial charge in [0.25, 0.3) is 0 Å². The van der Waals surface area contributed by atoms with Crippen molar-refractivity contribution in [2.24, 2.45) is 0 Å². The fourth-order valence-corrected chi connectivity index (χ4v) is 2.43. The van der Waals surface area contributed by atoms with Crippen LogP contribution >= 0.6 is 0 Å². The maximum absolute atomic E-state index is 11.5. The van der Waals surface area contributed by atoms with E-state index in [1.165, 1.54) is 19.3 Å². The molecule has 1 N–H and O–H groups in total. The van der Waals surface area contributed by atoms with Gasteiger partial charge < -0.3 is 9.84 Å². The van der Waals surface area contributed by atoms with E-state index in [1.54, 1.807) is 18.2 Å². The van der Waals surface area contributed by atoms with Crippen molar-refractivity contribution in [3.8, 4) is 5.75 Å². The molecule has 0 aliphatic rings. The van der Waals surface area contributed by atoms with E-state index in [9.17, 15) is 9.90 Å². The monoisotopic (exact) mass is 324 g/mol. The predicted molar refractivity (Wildman–Crippen MR) is 98.0 cm³/mol. The molecule has 2 aromatic rings. The van der Waals surface area contributed by atoms with Crippen molar-refractivity contribution in [1.82, 2.24) is 0 Å². The van der Waals surface area contributed by atoms with Gasteiger partial charge in [-0.2, -0.15) is 0 Å². The van der Waals surface area contributed by atoms with Crippen molar-refractivity contribution in [3.05, 3.63) is 65.7 Å². The molecule has 0 atom stereocenters. The molecule has 3 heteroatoms. The third-order valence-electron chi connectivity index (χ3n) is 3.77. The maximum Gasteiger partial charge on any atom is 0.336 e. The van der Waals surface area contributed by atoms with Crippen LogP contribution in [0.1, 0.15) is 43.7 Å². The summed E-state index contributed by atoms with van der Waals surface area (Å²) in [6.07, 6.45) is 6.39. The van der Waals surface area contributed by atoms with Gasteiger partial charge in [0.1, 0.15) is 5.75 Å². The highest BCUT2D eigenvalue weighted by molar-refractivity contribution is 6.20. The van der Waals surface area contributed by atoms with Gasteiger partial charge in [-0.05, 0) is 35.8 Å². The zero-order valence-electron chi connectivity index (χ0n) is 14.1. The zero-order chi connectivity index (χ0) is 17.2. The number of carboxylic acid groups (broad SMARTS) is 1. The molecule has 2 rings (SSSR count). The molecule has 0 aliphatic carbocycles. The molecule has 0 fully saturated rings. The van der Waals surface area contributed by atoms with Gasteiger partial charge in [0.05, 0.1) is 12.2 Å². The molecule has 0 spiro atoms. The summed E-state index contributed by atoms with van der Waals surface area (Å²) in [6, 6.07) is 16.7. The lowest BCUT2D eigenvalue weighted by atomic mass is 10.0. The van der Waals surface area contributed by atoms with E-state index in [4.69, 9.17) is 4.74 Å². The molecule has 3 nitrogen and oxygen atoms in total. The van der Waals surface area contributed by atoms with E-state index in [-0.39, 0.29) is 5.57 Å². The average molecular weight is 324 g/mol. The minimum absolute atomic E-state index is 0.281. The van der Waals surface area contributed by atoms with Crippen molar-refractivity contribution >= 4 is 17.6 Å². The minimum Gasteiger partial charge on any atom is -0.494 e. The third-order valence-corrected chi connectivity index (χ3v) is 3.77. The van der Waals surface area contributed by atoms with Crippen LogP contribution in [0.3, 0.4) is 0 Å². The van der Waals surface area contributed by atoms with E-state index >= 15 is 0 Å². The molecule has 0 heterocycles. The Balaban J connectivity index is 2.02. The Kier molecular flexibility index (Phi) is 7.09. The van der Waals surface area contributed by atoms with E-state index in [0.717, 1.165) is 24.3 Å². The summed E-state index contributed by atoms with van der Waals surface area (Å²) in [7, 11) is 0. The van der Waals surface area contributed by atoms with Gasteiger partial charge in [-0.3, -0.25) is 0 Å². The van der Waals surface area contributed by atoms with Gasteiger partial charge in [-0.25, -0.2) is 4.79 Å². The Bertz CT molecular complexity index is 657. The highest BCUT2D eigenvalue weighted by Gasteiger charge is 2.09. The molecule has 0 saturated heterocycles. The molecular formula is C21H24O3. The number of aliphatic carboxylic acids is 1. The standard InChI is InChI=1S/C21H24O3/c1-2-3-4-8-15-24-19-13-11-17(12-14-19)16-20(21(22)23)18-9-6-5-7-10-18/h5-7,9-14,16H,2-4,8,15H2,1H3,(H,22,23)/b20-16-. The van der Waals surface area contributed by atoms with Crippen LogP contribution in [-0.2, 0) is 4.79 Å². The van der Waals surface area contributed by atoms with Crippen LogP contribution < -0.4 is 4.74 Å². The molecule has 24 heavy (non-hydrogen) atoms. The normalized spacial score (nSPS) is 11.3. The second-order valence-corrected chi connectivity index (χ2v) is 5.71. The summed E-state index contributed by atoms with van der Waals surface area (Å²) in [5, 5.41) is 9.44. The van der Waals surface area contributed by atoms with Crippen LogP contribution in [0.2, 0.25) is 0 Å². The second kappa shape index (κ2) is 9.56. The van der Waals surface area contributed by atoms with Gasteiger partial charge in [-0.15, -0.1) is 0 Å². The SMILES string of the molecule is CCCCCCOc1ccc(/C=C(\C(=O)O)c2ccccc2)cc1. The minimum atomic E-state index is -0.933. The number of hydrogen-bond acceptors (Lipinski definition) is 2. The molecule has 2 aromatic carbocycles. The Morgan fingerprint density at radius 1 is 1.00 bits per heavy atom. The summed E-state index contributed by atoms with van der Waals surface area (Å²) >= 11 is 0. The van der Waals surface area contributed by atoms with Crippen molar-refractivity contribution < 1.29 is 14.6 Å². The molecule has 0 saturated carbocycles. The predicted octanol–water partition coefficient (Wildman–Crippen LogP) is 5.27. The summed E-state index contributed by atoms with van der Waals surface area (Å²) < 4.78 is 5.71. The van der Waals surface area contributed by atoms with E-state index in [0.29, 0.717) is 5.56 Å². The van der Waals surface area contributed by atoms with Crippen molar-refractivity contribution in [2.45, 2.75) is 32.6 Å². The smallest absolute Gasteiger partial charge is 0.336 e. The van der Waals surface area contributed by atoms with Gasteiger partial charge in [0.2, 0.25) is 0 Å². The van der Waals surface area contributed by atoms with Crippen LogP contribution in [0.4, 0.5) is 0 Å². The highest BCUT2D eigenvalue weighted by atomic mass is 16.5. The summed E-state index contributed by atoms with van der Waals surface area (Å²) in [4.78, 5) is 11.5. The number of carbonyl (C=O) groups is 1. The van der Waals surface area contributed by atoms with Gasteiger partial charge in [0.15, 0.2) is 0 Å². The summed E-state index contributed by atoms with van der Waals surface area (Å²) in [6.45, 7) is 2.91. The first-order valence-electron chi connectivity index (χ1n) is 8.44. The largest absolute Gasteiger partial charge is 0.494 e. The first-order valence-corrected chi connectivity index (χ1v) is 8.44. The first kappa shape index (κ1) is 17.8. The maximum atomic E-state index is 11.5. The van der Waals surface area contributed by atoms with Crippen LogP contribution in [-0.4, -0.2) is 17.7 Å². The fourth-order valence-electron chi connectivity index (χ4n) is 2.43. The van der Waals surface area contributed by atoms with E-state index < -0.39 is 5.97 Å². The molecule has 0 bridgehead atoms. The third kappa shape index (κ3) is 5.58. The van der Waals surface area contributed by atoms with Crippen LogP contribution in [0, 0.1) is 0 Å². The Labute approximate surface area is 143 Å². The molecule has 0 unspecified atom stereocenters. The number of carboxylic acids is 1. The van der Waals surface area contributed by atoms with Crippen LogP contribution in [0.5, 0.6) is 5.75 Å². The lowest BCUT2D eigenvalue weighted by molar-refractivity contribution is -0.130.